The van der Waals surface area contributed by atoms with Gasteiger partial charge in [-0.3, -0.25) is 9.59 Å². The fraction of sp³-hybridized carbons (Fsp3) is 0. The van der Waals surface area contributed by atoms with Crippen LogP contribution in [-0.2, 0) is 0 Å². The van der Waals surface area contributed by atoms with Crippen LogP contribution in [0.3, 0.4) is 0 Å². The Bertz CT molecular complexity index is 598. The third-order valence-electron chi connectivity index (χ3n) is 2.04. The molecular weight excluding hydrogens is 194 g/mol. The maximum absolute atomic E-state index is 11.1. The second-order valence-corrected chi connectivity index (χ2v) is 3.11. The molecule has 2 heterocycles. The van der Waals surface area contributed by atoms with Gasteiger partial charge in [-0.05, 0) is 17.7 Å². The second-order valence-electron chi connectivity index (χ2n) is 3.11. The van der Waals surface area contributed by atoms with Crippen molar-refractivity contribution in [3.8, 4) is 11.1 Å². The number of aromatic amines is 2. The highest BCUT2D eigenvalue weighted by molar-refractivity contribution is 5.65. The molecule has 0 aliphatic rings. The monoisotopic (exact) mass is 203 g/mol. The number of anilines is 1. The van der Waals surface area contributed by atoms with Crippen LogP contribution in [0.1, 0.15) is 0 Å². The summed E-state index contributed by atoms with van der Waals surface area (Å²) < 4.78 is 0. The minimum atomic E-state index is -0.330. The molecule has 0 spiro atoms. The minimum Gasteiger partial charge on any atom is -0.394 e. The molecule has 2 aromatic rings. The van der Waals surface area contributed by atoms with Gasteiger partial charge in [0.15, 0.2) is 0 Å². The zero-order valence-electron chi connectivity index (χ0n) is 7.78. The summed E-state index contributed by atoms with van der Waals surface area (Å²) in [6, 6.07) is 4.70. The number of pyridine rings is 2. The maximum Gasteiger partial charge on any atom is 0.271 e. The lowest BCUT2D eigenvalue weighted by molar-refractivity contribution is 1.22. The Labute approximate surface area is 84.6 Å². The van der Waals surface area contributed by atoms with Crippen molar-refractivity contribution in [3.63, 3.8) is 0 Å². The highest BCUT2D eigenvalue weighted by Gasteiger charge is 2.00. The molecule has 76 valence electrons. The lowest BCUT2D eigenvalue weighted by Gasteiger charge is -2.00. The van der Waals surface area contributed by atoms with Gasteiger partial charge in [0.05, 0.1) is 5.69 Å². The van der Waals surface area contributed by atoms with Crippen LogP contribution in [0.25, 0.3) is 11.1 Å². The predicted molar refractivity (Wildman–Crippen MR) is 57.5 cm³/mol. The number of nitrogen functional groups attached to an aromatic ring is 1. The molecule has 2 aromatic heterocycles. The first-order valence-corrected chi connectivity index (χ1v) is 4.34. The van der Waals surface area contributed by atoms with Crippen molar-refractivity contribution in [1.82, 2.24) is 9.97 Å². The third-order valence-corrected chi connectivity index (χ3v) is 2.04. The average molecular weight is 203 g/mol. The van der Waals surface area contributed by atoms with Crippen LogP contribution in [0.4, 0.5) is 5.69 Å². The number of rotatable bonds is 1. The van der Waals surface area contributed by atoms with Crippen LogP contribution >= 0.6 is 0 Å². The highest BCUT2D eigenvalue weighted by Crippen LogP contribution is 2.15. The summed E-state index contributed by atoms with van der Waals surface area (Å²) >= 11 is 0. The molecule has 15 heavy (non-hydrogen) atoms. The van der Waals surface area contributed by atoms with Gasteiger partial charge in [-0.25, -0.2) is 0 Å². The SMILES string of the molecule is Nc1cc(-c2cc[nH]c(=O)c2)c[nH]c1=O. The molecule has 0 amide bonds. The number of nitrogens with two attached hydrogens (primary N) is 1. The Morgan fingerprint density at radius 2 is 1.87 bits per heavy atom. The van der Waals surface area contributed by atoms with E-state index in [0.29, 0.717) is 11.1 Å². The van der Waals surface area contributed by atoms with E-state index in [1.54, 1.807) is 12.3 Å². The first kappa shape index (κ1) is 9.26. The van der Waals surface area contributed by atoms with Gasteiger partial charge in [-0.1, -0.05) is 0 Å². The van der Waals surface area contributed by atoms with Crippen LogP contribution < -0.4 is 16.9 Å². The molecule has 0 radical (unpaired) electrons. The summed E-state index contributed by atoms with van der Waals surface area (Å²) in [5, 5.41) is 0. The lowest BCUT2D eigenvalue weighted by atomic mass is 10.1. The maximum atomic E-state index is 11.1. The van der Waals surface area contributed by atoms with Gasteiger partial charge in [0, 0.05) is 24.0 Å². The molecule has 5 nitrogen and oxygen atoms in total. The summed E-state index contributed by atoms with van der Waals surface area (Å²) in [5.74, 6) is 0. The van der Waals surface area contributed by atoms with Crippen LogP contribution in [0.5, 0.6) is 0 Å². The molecule has 0 atom stereocenters. The molecular formula is C10H9N3O2. The van der Waals surface area contributed by atoms with E-state index in [-0.39, 0.29) is 16.8 Å². The molecule has 0 bridgehead atoms. The van der Waals surface area contributed by atoms with E-state index in [9.17, 15) is 9.59 Å². The van der Waals surface area contributed by atoms with Crippen LogP contribution in [0.2, 0.25) is 0 Å². The zero-order valence-corrected chi connectivity index (χ0v) is 7.78. The summed E-state index contributed by atoms with van der Waals surface area (Å²) in [5.41, 5.74) is 6.49. The van der Waals surface area contributed by atoms with Gasteiger partial charge >= 0.3 is 0 Å². The van der Waals surface area contributed by atoms with Crippen molar-refractivity contribution in [3.05, 3.63) is 51.3 Å². The van der Waals surface area contributed by atoms with Gasteiger partial charge in [0.2, 0.25) is 5.56 Å². The predicted octanol–water partition coefficient (Wildman–Crippen LogP) is 0.312. The highest BCUT2D eigenvalue weighted by atomic mass is 16.1. The first-order valence-electron chi connectivity index (χ1n) is 4.34. The fourth-order valence-electron chi connectivity index (χ4n) is 1.29. The molecule has 0 aliphatic heterocycles. The molecule has 2 rings (SSSR count). The van der Waals surface area contributed by atoms with Gasteiger partial charge in [-0.15, -0.1) is 0 Å². The average Bonchev–Trinajstić information content (AvgIpc) is 2.22. The summed E-state index contributed by atoms with van der Waals surface area (Å²) in [6.07, 6.45) is 3.06. The van der Waals surface area contributed by atoms with Gasteiger partial charge in [0.1, 0.15) is 0 Å². The first-order chi connectivity index (χ1) is 7.16. The number of nitrogens with one attached hydrogen (secondary N) is 2. The number of H-pyrrole nitrogens is 2. The fourth-order valence-corrected chi connectivity index (χ4v) is 1.29. The lowest BCUT2D eigenvalue weighted by Crippen LogP contribution is -2.11. The Kier molecular flexibility index (Phi) is 2.13. The zero-order chi connectivity index (χ0) is 10.8. The van der Waals surface area contributed by atoms with Gasteiger partial charge < -0.3 is 15.7 Å². The molecule has 0 aromatic carbocycles. The van der Waals surface area contributed by atoms with Crippen molar-refractivity contribution in [2.24, 2.45) is 0 Å². The van der Waals surface area contributed by atoms with Crippen LogP contribution in [0, 0.1) is 0 Å². The number of hydrogen-bond donors (Lipinski definition) is 3. The van der Waals surface area contributed by atoms with E-state index in [1.165, 1.54) is 18.3 Å². The second kappa shape index (κ2) is 3.45. The van der Waals surface area contributed by atoms with Crippen LogP contribution in [-0.4, -0.2) is 9.97 Å². The summed E-state index contributed by atoms with van der Waals surface area (Å²) in [6.45, 7) is 0. The molecule has 5 heteroatoms. The molecule has 0 saturated carbocycles. The summed E-state index contributed by atoms with van der Waals surface area (Å²) in [7, 11) is 0. The van der Waals surface area contributed by atoms with Gasteiger partial charge in [0.25, 0.3) is 5.56 Å². The Morgan fingerprint density at radius 3 is 2.53 bits per heavy atom. The van der Waals surface area contributed by atoms with Crippen molar-refractivity contribution in [1.29, 1.82) is 0 Å². The largest absolute Gasteiger partial charge is 0.394 e. The number of hydrogen-bond acceptors (Lipinski definition) is 3. The molecule has 0 fully saturated rings. The smallest absolute Gasteiger partial charge is 0.271 e. The summed E-state index contributed by atoms with van der Waals surface area (Å²) in [4.78, 5) is 27.1. The van der Waals surface area contributed by atoms with E-state index >= 15 is 0 Å². The normalized spacial score (nSPS) is 10.1. The molecule has 0 saturated heterocycles. The topological polar surface area (TPSA) is 91.7 Å². The van der Waals surface area contributed by atoms with E-state index in [1.807, 2.05) is 0 Å². The number of aromatic nitrogens is 2. The van der Waals surface area contributed by atoms with Crippen molar-refractivity contribution < 1.29 is 0 Å². The van der Waals surface area contributed by atoms with E-state index in [0.717, 1.165) is 0 Å². The van der Waals surface area contributed by atoms with Crippen molar-refractivity contribution >= 4 is 5.69 Å². The minimum absolute atomic E-state index is 0.132. The Morgan fingerprint density at radius 1 is 1.07 bits per heavy atom. The molecule has 4 N–H and O–H groups in total. The van der Waals surface area contributed by atoms with E-state index < -0.39 is 0 Å². The molecule has 0 unspecified atom stereocenters. The van der Waals surface area contributed by atoms with E-state index in [2.05, 4.69) is 9.97 Å². The van der Waals surface area contributed by atoms with Crippen molar-refractivity contribution in [2.45, 2.75) is 0 Å². The van der Waals surface area contributed by atoms with Gasteiger partial charge in [-0.2, -0.15) is 0 Å². The third kappa shape index (κ3) is 1.80. The van der Waals surface area contributed by atoms with Crippen LogP contribution in [0.15, 0.2) is 40.2 Å². The van der Waals surface area contributed by atoms with Crippen molar-refractivity contribution in [2.75, 3.05) is 5.73 Å². The Balaban J connectivity index is 2.59. The Hall–Kier alpha value is -2.30. The standard InChI is InChI=1S/C10H9N3O2/c11-8-3-7(5-13-10(8)15)6-1-2-12-9(14)4-6/h1-5H,11H2,(H,12,14)(H,13,15). The molecule has 0 aliphatic carbocycles. The quantitative estimate of drug-likeness (QED) is 0.623. The van der Waals surface area contributed by atoms with E-state index in [4.69, 9.17) is 5.73 Å².